The SMILES string of the molecule is CCC(CC)c1cc2ccccc2c2c1CCc1c(ccc3ccccc13)N2C. The van der Waals surface area contributed by atoms with Gasteiger partial charge >= 0.3 is 0 Å². The molecule has 0 aliphatic carbocycles. The minimum Gasteiger partial charge on any atom is -0.344 e. The maximum absolute atomic E-state index is 2.48. The predicted octanol–water partition coefficient (Wildman–Crippen LogP) is 7.76. The second kappa shape index (κ2) is 7.22. The van der Waals surface area contributed by atoms with Gasteiger partial charge in [-0.05, 0) is 70.5 Å². The van der Waals surface area contributed by atoms with Crippen molar-refractivity contribution in [2.45, 2.75) is 45.4 Å². The van der Waals surface area contributed by atoms with Crippen LogP contribution in [0.1, 0.15) is 49.3 Å². The van der Waals surface area contributed by atoms with Crippen LogP contribution in [0.2, 0.25) is 0 Å². The fraction of sp³-hybridized carbons (Fsp3) is 0.286. The van der Waals surface area contributed by atoms with Gasteiger partial charge in [-0.25, -0.2) is 0 Å². The zero-order chi connectivity index (χ0) is 20.0. The van der Waals surface area contributed by atoms with Crippen molar-refractivity contribution in [2.24, 2.45) is 0 Å². The molecule has 0 unspecified atom stereocenters. The fourth-order valence-corrected chi connectivity index (χ4v) is 5.40. The van der Waals surface area contributed by atoms with Gasteiger partial charge in [0.1, 0.15) is 0 Å². The lowest BCUT2D eigenvalue weighted by molar-refractivity contribution is 0.635. The second-order valence-electron chi connectivity index (χ2n) is 8.37. The van der Waals surface area contributed by atoms with Crippen LogP contribution in [0.5, 0.6) is 0 Å². The highest BCUT2D eigenvalue weighted by Gasteiger charge is 2.25. The summed E-state index contributed by atoms with van der Waals surface area (Å²) in [5.41, 5.74) is 7.38. The lowest BCUT2D eigenvalue weighted by Gasteiger charge is -2.27. The first kappa shape index (κ1) is 18.2. The molecule has 1 aliphatic rings. The number of benzene rings is 4. The summed E-state index contributed by atoms with van der Waals surface area (Å²) in [5.74, 6) is 0.625. The molecular formula is C28H29N. The van der Waals surface area contributed by atoms with Crippen LogP contribution < -0.4 is 4.90 Å². The summed E-state index contributed by atoms with van der Waals surface area (Å²) in [7, 11) is 2.26. The van der Waals surface area contributed by atoms with Crippen molar-refractivity contribution < 1.29 is 0 Å². The molecule has 0 radical (unpaired) electrons. The Bertz CT molecular complexity index is 1200. The quantitative estimate of drug-likeness (QED) is 0.351. The van der Waals surface area contributed by atoms with E-state index >= 15 is 0 Å². The smallest absolute Gasteiger partial charge is 0.0523 e. The van der Waals surface area contributed by atoms with Crippen molar-refractivity contribution in [3.05, 3.63) is 83.4 Å². The molecule has 29 heavy (non-hydrogen) atoms. The third kappa shape index (κ3) is 2.83. The number of aryl methyl sites for hydroxylation is 1. The molecule has 146 valence electrons. The number of fused-ring (bicyclic) bond motifs is 6. The first-order valence-corrected chi connectivity index (χ1v) is 11.0. The highest BCUT2D eigenvalue weighted by atomic mass is 15.1. The van der Waals surface area contributed by atoms with E-state index in [0.29, 0.717) is 5.92 Å². The van der Waals surface area contributed by atoms with E-state index in [1.54, 1.807) is 11.1 Å². The minimum atomic E-state index is 0.625. The molecule has 0 bridgehead atoms. The topological polar surface area (TPSA) is 3.24 Å². The molecule has 0 spiro atoms. The minimum absolute atomic E-state index is 0.625. The summed E-state index contributed by atoms with van der Waals surface area (Å²) >= 11 is 0. The van der Waals surface area contributed by atoms with Gasteiger partial charge in [-0.1, -0.05) is 74.5 Å². The largest absolute Gasteiger partial charge is 0.344 e. The van der Waals surface area contributed by atoms with Gasteiger partial charge in [0, 0.05) is 18.1 Å². The molecule has 4 aromatic carbocycles. The zero-order valence-electron chi connectivity index (χ0n) is 17.7. The maximum atomic E-state index is 2.48. The molecule has 0 saturated carbocycles. The van der Waals surface area contributed by atoms with Gasteiger partial charge in [-0.3, -0.25) is 0 Å². The summed E-state index contributed by atoms with van der Waals surface area (Å²) in [6, 6.07) is 24.9. The number of hydrogen-bond donors (Lipinski definition) is 0. The Morgan fingerprint density at radius 3 is 2.17 bits per heavy atom. The zero-order valence-corrected chi connectivity index (χ0v) is 17.7. The van der Waals surface area contributed by atoms with E-state index in [1.165, 1.54) is 51.3 Å². The van der Waals surface area contributed by atoms with Crippen molar-refractivity contribution in [3.63, 3.8) is 0 Å². The van der Waals surface area contributed by atoms with Gasteiger partial charge in [0.05, 0.1) is 5.69 Å². The van der Waals surface area contributed by atoms with Gasteiger partial charge in [0.25, 0.3) is 0 Å². The number of rotatable bonds is 3. The van der Waals surface area contributed by atoms with Crippen molar-refractivity contribution in [1.82, 2.24) is 0 Å². The third-order valence-electron chi connectivity index (χ3n) is 6.92. The Hall–Kier alpha value is -2.80. The Morgan fingerprint density at radius 2 is 1.41 bits per heavy atom. The van der Waals surface area contributed by atoms with Crippen LogP contribution in [0.25, 0.3) is 21.5 Å². The molecule has 5 rings (SSSR count). The van der Waals surface area contributed by atoms with Crippen molar-refractivity contribution in [1.29, 1.82) is 0 Å². The molecular weight excluding hydrogens is 350 g/mol. The molecule has 1 heterocycles. The highest BCUT2D eigenvalue weighted by molar-refractivity contribution is 6.01. The third-order valence-corrected chi connectivity index (χ3v) is 6.92. The van der Waals surface area contributed by atoms with Crippen LogP contribution in [0, 0.1) is 0 Å². The predicted molar refractivity (Wildman–Crippen MR) is 127 cm³/mol. The van der Waals surface area contributed by atoms with E-state index in [9.17, 15) is 0 Å². The average molecular weight is 380 g/mol. The number of nitrogens with zero attached hydrogens (tertiary/aromatic N) is 1. The summed E-state index contributed by atoms with van der Waals surface area (Å²) < 4.78 is 0. The van der Waals surface area contributed by atoms with E-state index in [-0.39, 0.29) is 0 Å². The molecule has 0 atom stereocenters. The van der Waals surface area contributed by atoms with Gasteiger partial charge in [0.2, 0.25) is 0 Å². The van der Waals surface area contributed by atoms with Crippen LogP contribution in [0.3, 0.4) is 0 Å². The van der Waals surface area contributed by atoms with Crippen LogP contribution in [-0.2, 0) is 12.8 Å². The summed E-state index contributed by atoms with van der Waals surface area (Å²) in [5, 5.41) is 5.48. The Morgan fingerprint density at radius 1 is 0.759 bits per heavy atom. The van der Waals surface area contributed by atoms with Crippen molar-refractivity contribution >= 4 is 32.9 Å². The molecule has 0 aromatic heterocycles. The van der Waals surface area contributed by atoms with E-state index in [1.807, 2.05) is 0 Å². The Labute approximate surface area is 174 Å². The Balaban J connectivity index is 1.82. The van der Waals surface area contributed by atoms with Gasteiger partial charge < -0.3 is 4.90 Å². The number of anilines is 2. The van der Waals surface area contributed by atoms with E-state index in [0.717, 1.165) is 12.8 Å². The molecule has 0 saturated heterocycles. The molecule has 1 heteroatoms. The maximum Gasteiger partial charge on any atom is 0.0523 e. The first-order valence-electron chi connectivity index (χ1n) is 11.0. The normalized spacial score (nSPS) is 13.6. The van der Waals surface area contributed by atoms with Crippen LogP contribution in [0.4, 0.5) is 11.4 Å². The Kier molecular flexibility index (Phi) is 4.54. The van der Waals surface area contributed by atoms with Gasteiger partial charge in [-0.15, -0.1) is 0 Å². The van der Waals surface area contributed by atoms with Gasteiger partial charge in [-0.2, -0.15) is 0 Å². The van der Waals surface area contributed by atoms with Crippen molar-refractivity contribution in [3.8, 4) is 0 Å². The molecule has 1 nitrogen and oxygen atoms in total. The van der Waals surface area contributed by atoms with Crippen LogP contribution in [-0.4, -0.2) is 7.05 Å². The van der Waals surface area contributed by atoms with E-state index in [2.05, 4.69) is 92.5 Å². The van der Waals surface area contributed by atoms with Crippen LogP contribution in [0.15, 0.2) is 66.7 Å². The highest BCUT2D eigenvalue weighted by Crippen LogP contribution is 2.45. The molecule has 4 aromatic rings. The van der Waals surface area contributed by atoms with Gasteiger partial charge in [0.15, 0.2) is 0 Å². The second-order valence-corrected chi connectivity index (χ2v) is 8.37. The molecule has 0 N–H and O–H groups in total. The van der Waals surface area contributed by atoms with E-state index < -0.39 is 0 Å². The van der Waals surface area contributed by atoms with Crippen molar-refractivity contribution in [2.75, 3.05) is 11.9 Å². The average Bonchev–Trinajstić information content (AvgIpc) is 2.92. The summed E-state index contributed by atoms with van der Waals surface area (Å²) in [6.07, 6.45) is 4.60. The summed E-state index contributed by atoms with van der Waals surface area (Å²) in [6.45, 7) is 4.66. The van der Waals surface area contributed by atoms with E-state index in [4.69, 9.17) is 0 Å². The molecule has 0 fully saturated rings. The lowest BCUT2D eigenvalue weighted by Crippen LogP contribution is -2.14. The monoisotopic (exact) mass is 379 g/mol. The first-order chi connectivity index (χ1) is 14.2. The summed E-state index contributed by atoms with van der Waals surface area (Å²) in [4.78, 5) is 2.47. The molecule has 0 amide bonds. The number of hydrogen-bond acceptors (Lipinski definition) is 1. The lowest BCUT2D eigenvalue weighted by atomic mass is 9.85. The van der Waals surface area contributed by atoms with Crippen LogP contribution >= 0.6 is 0 Å². The fourth-order valence-electron chi connectivity index (χ4n) is 5.40. The molecule has 1 aliphatic heterocycles. The standard InChI is InChI=1S/C28H29N/c1-4-19(5-2)26-18-21-11-7-9-13-23(21)28-25(26)16-15-24-22-12-8-6-10-20(22)14-17-27(24)29(28)3/h6-14,17-19H,4-5,15-16H2,1-3H3.